The summed E-state index contributed by atoms with van der Waals surface area (Å²) in [5.74, 6) is 0.939. The van der Waals surface area contributed by atoms with Crippen LogP contribution in [-0.2, 0) is 7.05 Å². The zero-order valence-electron chi connectivity index (χ0n) is 16.2. The summed E-state index contributed by atoms with van der Waals surface area (Å²) in [5, 5.41) is 9.68. The second-order valence-electron chi connectivity index (χ2n) is 8.23. The second kappa shape index (κ2) is 6.18. The molecular formula is C21H22ClN7. The van der Waals surface area contributed by atoms with Crippen molar-refractivity contribution in [2.45, 2.75) is 24.8 Å². The molecule has 6 rings (SSSR count). The maximum atomic E-state index is 6.72. The van der Waals surface area contributed by atoms with E-state index in [0.29, 0.717) is 10.6 Å². The van der Waals surface area contributed by atoms with Gasteiger partial charge in [-0.2, -0.15) is 5.10 Å². The summed E-state index contributed by atoms with van der Waals surface area (Å²) in [5.41, 5.74) is 4.81. The Kier molecular flexibility index (Phi) is 3.67. The minimum absolute atomic E-state index is 0.384. The molecule has 4 aromatic rings. The zero-order chi connectivity index (χ0) is 19.6. The van der Waals surface area contributed by atoms with Crippen LogP contribution < -0.4 is 10.2 Å². The van der Waals surface area contributed by atoms with Crippen molar-refractivity contribution in [1.29, 1.82) is 0 Å². The molecule has 148 valence electrons. The predicted molar refractivity (Wildman–Crippen MR) is 115 cm³/mol. The molecule has 1 aromatic carbocycles. The zero-order valence-corrected chi connectivity index (χ0v) is 17.0. The van der Waals surface area contributed by atoms with Crippen molar-refractivity contribution in [3.63, 3.8) is 0 Å². The standard InChI is InChI=1S/C21H22ClN7/c1-28-12-15-16(27-28)3-2-13(18(15)22)14-10-24-20-19(14)23-11-17(26-20)29-8-5-21(6-9-29)4-7-25-21/h2-3,10-12,25H,4-9H2,1H3,(H,24,26). The fourth-order valence-corrected chi connectivity index (χ4v) is 5.01. The number of nitrogens with zero attached hydrogens (tertiary/aromatic N) is 5. The van der Waals surface area contributed by atoms with E-state index in [1.807, 2.05) is 37.8 Å². The largest absolute Gasteiger partial charge is 0.355 e. The molecule has 2 aliphatic rings. The summed E-state index contributed by atoms with van der Waals surface area (Å²) in [6.45, 7) is 3.19. The lowest BCUT2D eigenvalue weighted by atomic mass is 9.79. The quantitative estimate of drug-likeness (QED) is 0.532. The summed E-state index contributed by atoms with van der Waals surface area (Å²) >= 11 is 6.72. The fourth-order valence-electron chi connectivity index (χ4n) is 4.70. The third-order valence-electron chi connectivity index (χ3n) is 6.54. The van der Waals surface area contributed by atoms with Crippen LogP contribution in [0.25, 0.3) is 33.2 Å². The minimum atomic E-state index is 0.384. The van der Waals surface area contributed by atoms with E-state index in [4.69, 9.17) is 21.6 Å². The van der Waals surface area contributed by atoms with Gasteiger partial charge in [-0.15, -0.1) is 0 Å². The van der Waals surface area contributed by atoms with Gasteiger partial charge in [0.25, 0.3) is 0 Å². The number of anilines is 1. The predicted octanol–water partition coefficient (Wildman–Crippen LogP) is 3.50. The molecule has 1 spiro atoms. The van der Waals surface area contributed by atoms with Crippen molar-refractivity contribution < 1.29 is 0 Å². The molecule has 2 fully saturated rings. The number of fused-ring (bicyclic) bond motifs is 2. The molecule has 2 aliphatic heterocycles. The van der Waals surface area contributed by atoms with E-state index in [9.17, 15) is 0 Å². The lowest BCUT2D eigenvalue weighted by molar-refractivity contribution is 0.163. The monoisotopic (exact) mass is 407 g/mol. The molecular weight excluding hydrogens is 386 g/mol. The molecule has 0 unspecified atom stereocenters. The van der Waals surface area contributed by atoms with Gasteiger partial charge in [-0.05, 0) is 31.9 Å². The van der Waals surface area contributed by atoms with Gasteiger partial charge in [0.05, 0.1) is 16.7 Å². The Morgan fingerprint density at radius 2 is 1.97 bits per heavy atom. The third kappa shape index (κ3) is 2.64. The van der Waals surface area contributed by atoms with Crippen LogP contribution in [-0.4, -0.2) is 49.9 Å². The van der Waals surface area contributed by atoms with Crippen LogP contribution in [0.2, 0.25) is 5.02 Å². The molecule has 0 aliphatic carbocycles. The second-order valence-corrected chi connectivity index (χ2v) is 8.61. The van der Waals surface area contributed by atoms with Gasteiger partial charge in [0.2, 0.25) is 0 Å². The molecule has 5 heterocycles. The van der Waals surface area contributed by atoms with Crippen LogP contribution in [0.1, 0.15) is 19.3 Å². The van der Waals surface area contributed by atoms with Gasteiger partial charge >= 0.3 is 0 Å². The van der Waals surface area contributed by atoms with Crippen LogP contribution in [0.4, 0.5) is 5.82 Å². The maximum Gasteiger partial charge on any atom is 0.159 e. The molecule has 0 amide bonds. The SMILES string of the molecule is Cn1cc2c(Cl)c(-c3c[nH]c4nc(N5CCC6(CCN6)CC5)cnc34)ccc2n1. The third-order valence-corrected chi connectivity index (χ3v) is 6.95. The molecule has 0 bridgehead atoms. The van der Waals surface area contributed by atoms with E-state index in [2.05, 4.69) is 20.3 Å². The average molecular weight is 408 g/mol. The summed E-state index contributed by atoms with van der Waals surface area (Å²) in [6.07, 6.45) is 9.42. The molecule has 7 nitrogen and oxygen atoms in total. The Hall–Kier alpha value is -2.64. The Morgan fingerprint density at radius 1 is 1.14 bits per heavy atom. The number of benzene rings is 1. The number of H-pyrrole nitrogens is 1. The first-order chi connectivity index (χ1) is 14.1. The van der Waals surface area contributed by atoms with E-state index < -0.39 is 0 Å². The van der Waals surface area contributed by atoms with Crippen molar-refractivity contribution >= 4 is 39.5 Å². The lowest BCUT2D eigenvalue weighted by Crippen LogP contribution is -2.62. The molecule has 0 atom stereocenters. The summed E-state index contributed by atoms with van der Waals surface area (Å²) in [7, 11) is 1.90. The Bertz CT molecular complexity index is 1230. The van der Waals surface area contributed by atoms with Crippen molar-refractivity contribution in [3.8, 4) is 11.1 Å². The van der Waals surface area contributed by atoms with E-state index >= 15 is 0 Å². The summed E-state index contributed by atoms with van der Waals surface area (Å²) in [6, 6.07) is 4.00. The summed E-state index contributed by atoms with van der Waals surface area (Å²) in [4.78, 5) is 15.3. The smallest absolute Gasteiger partial charge is 0.159 e. The van der Waals surface area contributed by atoms with E-state index in [1.54, 1.807) is 4.68 Å². The van der Waals surface area contributed by atoms with Gasteiger partial charge in [-0.3, -0.25) is 4.68 Å². The number of halogens is 1. The number of rotatable bonds is 2. The Morgan fingerprint density at radius 3 is 2.72 bits per heavy atom. The van der Waals surface area contributed by atoms with Crippen LogP contribution in [0.15, 0.2) is 30.7 Å². The average Bonchev–Trinajstić information content (AvgIpc) is 3.30. The number of hydrogen-bond donors (Lipinski definition) is 2. The fraction of sp³-hybridized carbons (Fsp3) is 0.381. The molecule has 0 radical (unpaired) electrons. The number of piperidine rings is 1. The molecule has 2 saturated heterocycles. The molecule has 2 N–H and O–H groups in total. The topological polar surface area (TPSA) is 74.7 Å². The molecule has 0 saturated carbocycles. The van der Waals surface area contributed by atoms with Gasteiger partial charge in [-0.1, -0.05) is 17.7 Å². The summed E-state index contributed by atoms with van der Waals surface area (Å²) < 4.78 is 1.78. The van der Waals surface area contributed by atoms with E-state index in [-0.39, 0.29) is 0 Å². The highest BCUT2D eigenvalue weighted by Crippen LogP contribution is 2.37. The van der Waals surface area contributed by atoms with Crippen LogP contribution in [0.3, 0.4) is 0 Å². The first-order valence-electron chi connectivity index (χ1n) is 10.1. The normalized spacial score (nSPS) is 18.6. The minimum Gasteiger partial charge on any atom is -0.355 e. The van der Waals surface area contributed by atoms with Crippen molar-refractivity contribution in [2.75, 3.05) is 24.5 Å². The first-order valence-corrected chi connectivity index (χ1v) is 10.5. The van der Waals surface area contributed by atoms with Crippen molar-refractivity contribution in [3.05, 3.63) is 35.7 Å². The van der Waals surface area contributed by atoms with Crippen LogP contribution in [0, 0.1) is 0 Å². The maximum absolute atomic E-state index is 6.72. The first kappa shape index (κ1) is 17.2. The Labute approximate surface area is 173 Å². The number of aromatic nitrogens is 5. The number of nitrogens with one attached hydrogen (secondary N) is 2. The highest BCUT2D eigenvalue weighted by atomic mass is 35.5. The van der Waals surface area contributed by atoms with Crippen molar-refractivity contribution in [2.24, 2.45) is 7.05 Å². The van der Waals surface area contributed by atoms with Crippen molar-refractivity contribution in [1.82, 2.24) is 30.0 Å². The van der Waals surface area contributed by atoms with E-state index in [0.717, 1.165) is 58.6 Å². The van der Waals surface area contributed by atoms with Gasteiger partial charge in [0.15, 0.2) is 5.65 Å². The Balaban J connectivity index is 1.35. The van der Waals surface area contributed by atoms with Crippen LogP contribution >= 0.6 is 11.6 Å². The molecule has 3 aromatic heterocycles. The number of aromatic amines is 1. The lowest BCUT2D eigenvalue weighted by Gasteiger charge is -2.49. The number of hydrogen-bond acceptors (Lipinski definition) is 5. The van der Waals surface area contributed by atoms with Crippen LogP contribution in [0.5, 0.6) is 0 Å². The van der Waals surface area contributed by atoms with Gasteiger partial charge in [-0.25, -0.2) is 9.97 Å². The van der Waals surface area contributed by atoms with Gasteiger partial charge in [0.1, 0.15) is 11.3 Å². The highest BCUT2D eigenvalue weighted by molar-refractivity contribution is 6.38. The molecule has 29 heavy (non-hydrogen) atoms. The molecule has 8 heteroatoms. The highest BCUT2D eigenvalue weighted by Gasteiger charge is 2.39. The number of aryl methyl sites for hydroxylation is 1. The van der Waals surface area contributed by atoms with Gasteiger partial charge in [0, 0.05) is 54.6 Å². The van der Waals surface area contributed by atoms with E-state index in [1.165, 1.54) is 19.3 Å². The van der Waals surface area contributed by atoms with Gasteiger partial charge < -0.3 is 15.2 Å².